The Kier molecular flexibility index (Phi) is 6.75. The van der Waals surface area contributed by atoms with Crippen LogP contribution in [0.4, 0.5) is 0 Å². The number of piperidine rings is 1. The van der Waals surface area contributed by atoms with Gasteiger partial charge < -0.3 is 15.5 Å². The number of nitrogens with two attached hydrogens (primary N) is 1. The Morgan fingerprint density at radius 1 is 1.42 bits per heavy atom. The number of hydrogen-bond acceptors (Lipinski definition) is 5. The van der Waals surface area contributed by atoms with Gasteiger partial charge in [-0.15, -0.1) is 0 Å². The van der Waals surface area contributed by atoms with Gasteiger partial charge in [0.25, 0.3) is 0 Å². The quantitative estimate of drug-likeness (QED) is 0.604. The number of amides is 2. The van der Waals surface area contributed by atoms with Gasteiger partial charge in [0.15, 0.2) is 0 Å². The molecule has 1 atom stereocenters. The molecule has 0 aliphatic carbocycles. The van der Waals surface area contributed by atoms with E-state index in [0.717, 1.165) is 24.9 Å². The molecule has 0 radical (unpaired) electrons. The fourth-order valence-corrected chi connectivity index (χ4v) is 2.94. The molecule has 0 spiro atoms. The van der Waals surface area contributed by atoms with Crippen molar-refractivity contribution >= 4 is 12.3 Å². The molecule has 2 rings (SSSR count). The minimum absolute atomic E-state index is 0.00139. The largest absolute Gasteiger partial charge is 0.356 e. The average molecular weight is 355 g/mol. The molecule has 1 aliphatic rings. The summed E-state index contributed by atoms with van der Waals surface area (Å²) >= 11 is 0. The molecule has 0 bridgehead atoms. The van der Waals surface area contributed by atoms with Gasteiger partial charge in [0.05, 0.1) is 18.2 Å². The maximum Gasteiger partial charge on any atom is 0.249 e. The average Bonchev–Trinajstić information content (AvgIpc) is 2.64. The second-order valence-electron chi connectivity index (χ2n) is 6.59. The van der Waals surface area contributed by atoms with Gasteiger partial charge in [-0.1, -0.05) is 18.2 Å². The van der Waals surface area contributed by atoms with Crippen LogP contribution in [0.25, 0.3) is 0 Å². The molecule has 1 fully saturated rings. The van der Waals surface area contributed by atoms with E-state index in [0.29, 0.717) is 24.3 Å². The Balaban J connectivity index is 2.36. The molecule has 7 nitrogen and oxygen atoms in total. The summed E-state index contributed by atoms with van der Waals surface area (Å²) in [6.45, 7) is 1.52. The molecule has 26 heavy (non-hydrogen) atoms. The Morgan fingerprint density at radius 2 is 2.15 bits per heavy atom. The zero-order valence-electron chi connectivity index (χ0n) is 15.3. The molecule has 138 valence electrons. The molecular weight excluding hydrogens is 330 g/mol. The van der Waals surface area contributed by atoms with E-state index in [-0.39, 0.29) is 18.5 Å². The first kappa shape index (κ1) is 19.5. The maximum absolute atomic E-state index is 12.3. The van der Waals surface area contributed by atoms with Crippen molar-refractivity contribution < 1.29 is 9.59 Å². The summed E-state index contributed by atoms with van der Waals surface area (Å²) < 4.78 is 0. The second-order valence-corrected chi connectivity index (χ2v) is 6.59. The molecule has 2 amide bonds. The maximum atomic E-state index is 12.3. The van der Waals surface area contributed by atoms with Crippen LogP contribution in [0.2, 0.25) is 0 Å². The summed E-state index contributed by atoms with van der Waals surface area (Å²) in [5.74, 6) is 0.307. The molecule has 1 saturated heterocycles. The van der Waals surface area contributed by atoms with Crippen molar-refractivity contribution in [2.45, 2.75) is 25.4 Å². The van der Waals surface area contributed by atoms with Gasteiger partial charge in [0, 0.05) is 39.3 Å². The number of carbonyl (C=O) groups is 2. The fraction of sp³-hybridized carbons (Fsp3) is 0.421. The van der Waals surface area contributed by atoms with E-state index in [4.69, 9.17) is 5.73 Å². The van der Waals surface area contributed by atoms with Gasteiger partial charge in [-0.05, 0) is 24.5 Å². The Labute approximate surface area is 154 Å². The number of likely N-dealkylation sites (N-methyl/N-ethyl adjacent to an activating group) is 1. The minimum Gasteiger partial charge on any atom is -0.356 e. The van der Waals surface area contributed by atoms with Gasteiger partial charge in [-0.25, -0.2) is 0 Å². The van der Waals surface area contributed by atoms with Gasteiger partial charge in [-0.2, -0.15) is 5.26 Å². The highest BCUT2D eigenvalue weighted by atomic mass is 16.2. The summed E-state index contributed by atoms with van der Waals surface area (Å²) in [7, 11) is 3.32. The van der Waals surface area contributed by atoms with Crippen molar-refractivity contribution in [3.05, 3.63) is 47.3 Å². The lowest BCUT2D eigenvalue weighted by atomic mass is 10.1. The van der Waals surface area contributed by atoms with Crippen LogP contribution in [0.15, 0.2) is 36.2 Å². The monoisotopic (exact) mass is 355 g/mol. The zero-order chi connectivity index (χ0) is 19.1. The molecule has 0 aromatic heterocycles. The summed E-state index contributed by atoms with van der Waals surface area (Å²) in [4.78, 5) is 29.0. The number of nitriles is 1. The standard InChI is InChI=1S/C19H25N5O2/c1-22(2)19(26)10-18(23-9-5-8-17(21)13-23)24(14-25)12-16-7-4-3-6-15(16)11-20/h3-4,6-7,10,14,17H,5,8-9,12-13,21H2,1-2H3/b18-10-. The van der Waals surface area contributed by atoms with E-state index in [2.05, 4.69) is 6.07 Å². The van der Waals surface area contributed by atoms with Crippen molar-refractivity contribution in [3.63, 3.8) is 0 Å². The van der Waals surface area contributed by atoms with Gasteiger partial charge >= 0.3 is 0 Å². The topological polar surface area (TPSA) is 93.7 Å². The van der Waals surface area contributed by atoms with E-state index in [9.17, 15) is 14.9 Å². The Morgan fingerprint density at radius 3 is 2.77 bits per heavy atom. The van der Waals surface area contributed by atoms with Crippen LogP contribution in [-0.4, -0.2) is 60.2 Å². The third kappa shape index (κ3) is 4.83. The van der Waals surface area contributed by atoms with E-state index in [1.807, 2.05) is 17.0 Å². The number of nitrogens with zero attached hydrogens (tertiary/aromatic N) is 4. The zero-order valence-corrected chi connectivity index (χ0v) is 15.3. The van der Waals surface area contributed by atoms with Crippen LogP contribution < -0.4 is 5.73 Å². The highest BCUT2D eigenvalue weighted by Gasteiger charge is 2.24. The summed E-state index contributed by atoms with van der Waals surface area (Å²) in [5, 5.41) is 9.29. The first-order chi connectivity index (χ1) is 12.5. The van der Waals surface area contributed by atoms with Crippen LogP contribution in [0, 0.1) is 11.3 Å². The van der Waals surface area contributed by atoms with Gasteiger partial charge in [0.2, 0.25) is 12.3 Å². The Hall–Kier alpha value is -2.85. The third-order valence-corrected chi connectivity index (χ3v) is 4.38. The predicted molar refractivity (Wildman–Crippen MR) is 98.3 cm³/mol. The lowest BCUT2D eigenvalue weighted by Crippen LogP contribution is -2.46. The number of likely N-dealkylation sites (tertiary alicyclic amines) is 1. The molecule has 1 heterocycles. The minimum atomic E-state index is -0.209. The van der Waals surface area contributed by atoms with Crippen molar-refractivity contribution in [1.82, 2.24) is 14.7 Å². The highest BCUT2D eigenvalue weighted by molar-refractivity contribution is 5.88. The van der Waals surface area contributed by atoms with Gasteiger partial charge in [-0.3, -0.25) is 14.5 Å². The molecule has 1 unspecified atom stereocenters. The molecular formula is C19H25N5O2. The SMILES string of the molecule is CN(C)C(=O)/C=C(\N(C=O)Cc1ccccc1C#N)N1CCCC(N)C1. The van der Waals surface area contributed by atoms with Crippen LogP contribution in [-0.2, 0) is 16.1 Å². The summed E-state index contributed by atoms with van der Waals surface area (Å²) in [5.41, 5.74) is 7.31. The highest BCUT2D eigenvalue weighted by Crippen LogP contribution is 2.20. The van der Waals surface area contributed by atoms with Crippen molar-refractivity contribution in [3.8, 4) is 6.07 Å². The first-order valence-electron chi connectivity index (χ1n) is 8.59. The first-order valence-corrected chi connectivity index (χ1v) is 8.59. The molecule has 7 heteroatoms. The molecule has 1 aliphatic heterocycles. The molecule has 1 aromatic carbocycles. The van der Waals surface area contributed by atoms with Crippen LogP contribution in [0.3, 0.4) is 0 Å². The summed E-state index contributed by atoms with van der Waals surface area (Å²) in [6, 6.07) is 9.26. The van der Waals surface area contributed by atoms with E-state index in [1.165, 1.54) is 15.9 Å². The van der Waals surface area contributed by atoms with E-state index < -0.39 is 0 Å². The predicted octanol–water partition coefficient (Wildman–Crippen LogP) is 0.869. The lowest BCUT2D eigenvalue weighted by Gasteiger charge is -2.37. The number of carbonyl (C=O) groups excluding carboxylic acids is 2. The third-order valence-electron chi connectivity index (χ3n) is 4.38. The fourth-order valence-electron chi connectivity index (χ4n) is 2.94. The van der Waals surface area contributed by atoms with Gasteiger partial charge in [0.1, 0.15) is 5.82 Å². The normalized spacial score (nSPS) is 17.4. The number of benzene rings is 1. The van der Waals surface area contributed by atoms with Crippen molar-refractivity contribution in [1.29, 1.82) is 5.26 Å². The molecule has 2 N–H and O–H groups in total. The van der Waals surface area contributed by atoms with Crippen LogP contribution in [0.1, 0.15) is 24.0 Å². The van der Waals surface area contributed by atoms with Crippen molar-refractivity contribution in [2.24, 2.45) is 5.73 Å². The number of hydrogen-bond donors (Lipinski definition) is 1. The van der Waals surface area contributed by atoms with Crippen LogP contribution >= 0.6 is 0 Å². The lowest BCUT2D eigenvalue weighted by molar-refractivity contribution is -0.124. The number of rotatable bonds is 6. The van der Waals surface area contributed by atoms with Crippen LogP contribution in [0.5, 0.6) is 0 Å². The Bertz CT molecular complexity index is 723. The summed E-state index contributed by atoms with van der Waals surface area (Å²) in [6.07, 6.45) is 3.98. The van der Waals surface area contributed by atoms with Crippen molar-refractivity contribution in [2.75, 3.05) is 27.2 Å². The molecule has 0 saturated carbocycles. The molecule has 1 aromatic rings. The smallest absolute Gasteiger partial charge is 0.249 e. The second kappa shape index (κ2) is 9.02. The van der Waals surface area contributed by atoms with E-state index in [1.54, 1.807) is 26.2 Å². The van der Waals surface area contributed by atoms with E-state index >= 15 is 0 Å².